The van der Waals surface area contributed by atoms with Gasteiger partial charge in [0, 0.05) is 12.6 Å². The molecule has 1 N–H and O–H groups in total. The van der Waals surface area contributed by atoms with Crippen LogP contribution in [-0.2, 0) is 0 Å². The standard InChI is InChI=1S/C7H11NOS/c1-5(6(2)9)7(8-3)10-4/h9H,1-2H2,3-4H3/b8-7-. The van der Waals surface area contributed by atoms with Crippen molar-refractivity contribution in [2.45, 2.75) is 0 Å². The van der Waals surface area contributed by atoms with E-state index < -0.39 is 0 Å². The third kappa shape index (κ3) is 2.27. The number of aliphatic imine (C=N–C) groups is 1. The largest absolute Gasteiger partial charge is 0.508 e. The molecule has 0 aromatic heterocycles. The van der Waals surface area contributed by atoms with Gasteiger partial charge in [0.15, 0.2) is 0 Å². The molecule has 56 valence electrons. The molecular formula is C7H11NOS. The first-order valence-electron chi connectivity index (χ1n) is 2.71. The predicted molar refractivity (Wildman–Crippen MR) is 47.8 cm³/mol. The van der Waals surface area contributed by atoms with Crippen molar-refractivity contribution in [1.82, 2.24) is 0 Å². The van der Waals surface area contributed by atoms with E-state index in [1.54, 1.807) is 7.05 Å². The molecule has 0 heterocycles. The van der Waals surface area contributed by atoms with Crippen LogP contribution in [0.4, 0.5) is 0 Å². The van der Waals surface area contributed by atoms with E-state index in [4.69, 9.17) is 5.11 Å². The molecule has 0 unspecified atom stereocenters. The third-order valence-corrected chi connectivity index (χ3v) is 1.82. The van der Waals surface area contributed by atoms with Gasteiger partial charge in [-0.15, -0.1) is 11.8 Å². The monoisotopic (exact) mass is 157 g/mol. The van der Waals surface area contributed by atoms with E-state index in [9.17, 15) is 0 Å². The van der Waals surface area contributed by atoms with Gasteiger partial charge in [-0.05, 0) is 6.26 Å². The summed E-state index contributed by atoms with van der Waals surface area (Å²) in [7, 11) is 1.65. The minimum Gasteiger partial charge on any atom is -0.508 e. The molecule has 0 atom stereocenters. The minimum absolute atomic E-state index is 0.0186. The first-order valence-corrected chi connectivity index (χ1v) is 3.94. The Kier molecular flexibility index (Phi) is 3.88. The van der Waals surface area contributed by atoms with E-state index in [2.05, 4.69) is 18.2 Å². The van der Waals surface area contributed by atoms with Gasteiger partial charge in [0.05, 0.1) is 0 Å². The Bertz CT molecular complexity index is 184. The summed E-state index contributed by atoms with van der Waals surface area (Å²) in [4.78, 5) is 3.89. The molecule has 0 aliphatic rings. The van der Waals surface area contributed by atoms with E-state index in [0.717, 1.165) is 0 Å². The fourth-order valence-corrected chi connectivity index (χ4v) is 1.02. The van der Waals surface area contributed by atoms with Gasteiger partial charge < -0.3 is 5.11 Å². The summed E-state index contributed by atoms with van der Waals surface area (Å²) >= 11 is 1.44. The van der Waals surface area contributed by atoms with Crippen molar-refractivity contribution >= 4 is 16.8 Å². The van der Waals surface area contributed by atoms with Gasteiger partial charge in [0.25, 0.3) is 0 Å². The lowest BCUT2D eigenvalue weighted by Gasteiger charge is -2.02. The molecule has 0 aliphatic carbocycles. The molecule has 0 amide bonds. The van der Waals surface area contributed by atoms with E-state index in [0.29, 0.717) is 10.6 Å². The van der Waals surface area contributed by atoms with Crippen molar-refractivity contribution in [3.8, 4) is 0 Å². The fraction of sp³-hybridized carbons (Fsp3) is 0.286. The van der Waals surface area contributed by atoms with Crippen LogP contribution in [0, 0.1) is 0 Å². The van der Waals surface area contributed by atoms with Crippen LogP contribution in [-0.4, -0.2) is 23.5 Å². The van der Waals surface area contributed by atoms with E-state index in [1.807, 2.05) is 6.26 Å². The Morgan fingerprint density at radius 3 is 2.10 bits per heavy atom. The number of rotatable bonds is 2. The molecule has 0 spiro atoms. The number of allylic oxidation sites excluding steroid dienone is 1. The lowest BCUT2D eigenvalue weighted by atomic mass is 10.3. The number of nitrogens with zero attached hydrogens (tertiary/aromatic N) is 1. The zero-order valence-electron chi connectivity index (χ0n) is 6.22. The molecule has 2 nitrogen and oxygen atoms in total. The molecule has 0 saturated carbocycles. The zero-order chi connectivity index (χ0) is 8.15. The lowest BCUT2D eigenvalue weighted by Crippen LogP contribution is -1.97. The Labute approximate surface area is 65.4 Å². The molecule has 0 rings (SSSR count). The van der Waals surface area contributed by atoms with Crippen LogP contribution in [0.5, 0.6) is 0 Å². The summed E-state index contributed by atoms with van der Waals surface area (Å²) in [5.74, 6) is -0.0186. The highest BCUT2D eigenvalue weighted by Crippen LogP contribution is 2.12. The van der Waals surface area contributed by atoms with Crippen LogP contribution in [0.1, 0.15) is 0 Å². The second kappa shape index (κ2) is 4.17. The highest BCUT2D eigenvalue weighted by Gasteiger charge is 2.03. The molecule has 10 heavy (non-hydrogen) atoms. The molecule has 0 aliphatic heterocycles. The van der Waals surface area contributed by atoms with Crippen molar-refractivity contribution in [3.05, 3.63) is 24.5 Å². The maximum absolute atomic E-state index is 8.87. The number of thioether (sulfide) groups is 1. The van der Waals surface area contributed by atoms with Gasteiger partial charge in [0.2, 0.25) is 0 Å². The van der Waals surface area contributed by atoms with Gasteiger partial charge in [-0.2, -0.15) is 0 Å². The van der Waals surface area contributed by atoms with Gasteiger partial charge in [-0.1, -0.05) is 13.2 Å². The average Bonchev–Trinajstić information content (AvgIpc) is 1.90. The maximum atomic E-state index is 8.87. The van der Waals surface area contributed by atoms with Crippen molar-refractivity contribution in [2.75, 3.05) is 13.3 Å². The van der Waals surface area contributed by atoms with Crippen LogP contribution in [0.25, 0.3) is 0 Å². The smallest absolute Gasteiger partial charge is 0.117 e. The van der Waals surface area contributed by atoms with Crippen molar-refractivity contribution in [2.24, 2.45) is 4.99 Å². The number of aliphatic hydroxyl groups excluding tert-OH is 1. The Hall–Kier alpha value is -0.700. The quantitative estimate of drug-likeness (QED) is 0.288. The van der Waals surface area contributed by atoms with Crippen LogP contribution < -0.4 is 0 Å². The summed E-state index contributed by atoms with van der Waals surface area (Å²) in [6.07, 6.45) is 1.87. The highest BCUT2D eigenvalue weighted by atomic mass is 32.2. The molecular weight excluding hydrogens is 146 g/mol. The molecule has 0 radical (unpaired) electrons. The summed E-state index contributed by atoms with van der Waals surface area (Å²) in [5, 5.41) is 9.58. The van der Waals surface area contributed by atoms with Gasteiger partial charge in [0.1, 0.15) is 10.8 Å². The van der Waals surface area contributed by atoms with Gasteiger partial charge in [-0.25, -0.2) is 0 Å². The molecule has 0 saturated heterocycles. The van der Waals surface area contributed by atoms with E-state index in [-0.39, 0.29) is 5.76 Å². The second-order valence-electron chi connectivity index (χ2n) is 1.66. The number of aliphatic hydroxyl groups is 1. The number of hydrogen-bond donors (Lipinski definition) is 1. The predicted octanol–water partition coefficient (Wildman–Crippen LogP) is 2.01. The van der Waals surface area contributed by atoms with Crippen molar-refractivity contribution in [1.29, 1.82) is 0 Å². The Morgan fingerprint density at radius 2 is 2.00 bits per heavy atom. The molecule has 3 heteroatoms. The highest BCUT2D eigenvalue weighted by molar-refractivity contribution is 8.13. The fourth-order valence-electron chi connectivity index (χ4n) is 0.473. The summed E-state index contributed by atoms with van der Waals surface area (Å²) < 4.78 is 0. The first kappa shape index (κ1) is 9.30. The topological polar surface area (TPSA) is 32.6 Å². The van der Waals surface area contributed by atoms with E-state index >= 15 is 0 Å². The molecule has 0 bridgehead atoms. The van der Waals surface area contributed by atoms with Crippen molar-refractivity contribution < 1.29 is 5.11 Å². The van der Waals surface area contributed by atoms with Crippen LogP contribution >= 0.6 is 11.8 Å². The summed E-state index contributed by atoms with van der Waals surface area (Å²) in [5.41, 5.74) is 0.495. The molecule has 0 fully saturated rings. The van der Waals surface area contributed by atoms with Crippen LogP contribution in [0.15, 0.2) is 29.5 Å². The average molecular weight is 157 g/mol. The van der Waals surface area contributed by atoms with Crippen LogP contribution in [0.2, 0.25) is 0 Å². The van der Waals surface area contributed by atoms with Gasteiger partial charge >= 0.3 is 0 Å². The minimum atomic E-state index is -0.0186. The summed E-state index contributed by atoms with van der Waals surface area (Å²) in [6.45, 7) is 6.93. The number of hydrogen-bond acceptors (Lipinski definition) is 3. The Morgan fingerprint density at radius 1 is 1.50 bits per heavy atom. The zero-order valence-corrected chi connectivity index (χ0v) is 7.03. The first-order chi connectivity index (χ1) is 4.63. The normalized spacial score (nSPS) is 11.2. The maximum Gasteiger partial charge on any atom is 0.117 e. The Balaban J connectivity index is 4.33. The SMILES string of the molecule is C=C(O)C(=C)/C(=N/C)SC. The van der Waals surface area contributed by atoms with Gasteiger partial charge in [-0.3, -0.25) is 4.99 Å². The molecule has 0 aromatic carbocycles. The van der Waals surface area contributed by atoms with E-state index in [1.165, 1.54) is 11.8 Å². The summed E-state index contributed by atoms with van der Waals surface area (Å²) in [6, 6.07) is 0. The third-order valence-electron chi connectivity index (χ3n) is 1.00. The second-order valence-corrected chi connectivity index (χ2v) is 2.45. The van der Waals surface area contributed by atoms with Crippen molar-refractivity contribution in [3.63, 3.8) is 0 Å². The van der Waals surface area contributed by atoms with Crippen LogP contribution in [0.3, 0.4) is 0 Å². The molecule has 0 aromatic rings. The lowest BCUT2D eigenvalue weighted by molar-refractivity contribution is 0.431.